The second kappa shape index (κ2) is 12.1. The minimum atomic E-state index is -6.25. The predicted molar refractivity (Wildman–Crippen MR) is 124 cm³/mol. The molecule has 3 aromatic rings. The van der Waals surface area contributed by atoms with Crippen LogP contribution >= 0.6 is 0 Å². The van der Waals surface area contributed by atoms with Crippen LogP contribution in [0.4, 0.5) is 70.2 Å². The Kier molecular flexibility index (Phi) is 9.02. The third-order valence-electron chi connectivity index (χ3n) is 7.02. The van der Waals surface area contributed by atoms with E-state index in [4.69, 9.17) is 0 Å². The molecule has 6 nitrogen and oxygen atoms in total. The molecule has 4 rings (SSSR count). The van der Waals surface area contributed by atoms with E-state index in [-0.39, 0.29) is 11.9 Å². The summed E-state index contributed by atoms with van der Waals surface area (Å²) >= 11 is 0. The SMILES string of the molecule is CN(Cc1c(F)c(F)c(F)c(F)c1F)C(=O)c1c(C=O)c(C(F)(F)F)c2c(c1C(F)(F)F)C(=O)N(Cc1c(F)c(F)c(F)c(F)c1F)C2=O. The highest BCUT2D eigenvalue weighted by Crippen LogP contribution is 2.48. The number of halogens is 16. The summed E-state index contributed by atoms with van der Waals surface area (Å²) in [5.41, 5.74) is -19.2. The fourth-order valence-electron chi connectivity index (χ4n) is 4.86. The van der Waals surface area contributed by atoms with Crippen LogP contribution in [0.3, 0.4) is 0 Å². The van der Waals surface area contributed by atoms with E-state index in [9.17, 15) is 89.4 Å². The Bertz CT molecular complexity index is 1950. The highest BCUT2D eigenvalue weighted by Gasteiger charge is 2.55. The van der Waals surface area contributed by atoms with Gasteiger partial charge in [0.25, 0.3) is 17.7 Å². The van der Waals surface area contributed by atoms with Gasteiger partial charge < -0.3 is 4.90 Å². The first-order chi connectivity index (χ1) is 22.4. The Morgan fingerprint density at radius 3 is 1.33 bits per heavy atom. The lowest BCUT2D eigenvalue weighted by molar-refractivity contribution is -0.142. The van der Waals surface area contributed by atoms with Gasteiger partial charge in [0.15, 0.2) is 52.8 Å². The van der Waals surface area contributed by atoms with Crippen molar-refractivity contribution in [1.82, 2.24) is 9.80 Å². The molecule has 0 N–H and O–H groups in total. The molecular weight excluding hydrogens is 720 g/mol. The maximum atomic E-state index is 14.5. The topological polar surface area (TPSA) is 74.8 Å². The van der Waals surface area contributed by atoms with E-state index in [1.807, 2.05) is 0 Å². The van der Waals surface area contributed by atoms with Crippen LogP contribution in [0.1, 0.15) is 63.7 Å². The van der Waals surface area contributed by atoms with E-state index in [1.165, 1.54) is 0 Å². The van der Waals surface area contributed by atoms with Crippen LogP contribution in [0.15, 0.2) is 0 Å². The minimum Gasteiger partial charge on any atom is -0.337 e. The summed E-state index contributed by atoms with van der Waals surface area (Å²) in [6.07, 6.45) is -13.5. The van der Waals surface area contributed by atoms with Crippen molar-refractivity contribution < 1.29 is 89.4 Å². The van der Waals surface area contributed by atoms with E-state index in [1.54, 1.807) is 0 Å². The summed E-state index contributed by atoms with van der Waals surface area (Å²) in [5, 5.41) is 0. The molecule has 3 aromatic carbocycles. The van der Waals surface area contributed by atoms with Gasteiger partial charge in [-0.15, -0.1) is 0 Å². The fraction of sp³-hybridized carbons (Fsp3) is 0.185. The van der Waals surface area contributed by atoms with Crippen molar-refractivity contribution in [3.05, 3.63) is 103 Å². The van der Waals surface area contributed by atoms with Crippen molar-refractivity contribution in [2.75, 3.05) is 7.05 Å². The largest absolute Gasteiger partial charge is 0.418 e. The van der Waals surface area contributed by atoms with Crippen molar-refractivity contribution in [3.63, 3.8) is 0 Å². The van der Waals surface area contributed by atoms with Crippen LogP contribution in [0.2, 0.25) is 0 Å². The molecule has 0 aromatic heterocycles. The third kappa shape index (κ3) is 5.61. The summed E-state index contributed by atoms with van der Waals surface area (Å²) in [6, 6.07) is 0. The van der Waals surface area contributed by atoms with Crippen LogP contribution in [-0.4, -0.2) is 40.9 Å². The molecule has 1 aliphatic rings. The first-order valence-electron chi connectivity index (χ1n) is 12.4. The number of aldehydes is 1. The Morgan fingerprint density at radius 2 is 0.959 bits per heavy atom. The molecule has 0 fully saturated rings. The van der Waals surface area contributed by atoms with E-state index in [0.717, 1.165) is 0 Å². The van der Waals surface area contributed by atoms with Gasteiger partial charge in [0.1, 0.15) is 0 Å². The molecule has 0 unspecified atom stereocenters. The van der Waals surface area contributed by atoms with E-state index < -0.39 is 157 Å². The molecule has 0 aliphatic carbocycles. The lowest BCUT2D eigenvalue weighted by Gasteiger charge is -2.25. The number of benzene rings is 3. The minimum absolute atomic E-state index is 0.248. The van der Waals surface area contributed by atoms with Gasteiger partial charge in [0, 0.05) is 23.7 Å². The summed E-state index contributed by atoms with van der Waals surface area (Å²) < 4.78 is 225. The standard InChI is InChI=1S/C27H8F16N2O4/c1-44(2-5-13(28)17(32)21(36)18(33)14(5)29)23(47)8-7(4-46)11(26(38,39)40)9-10(12(8)27(41,42)43)25(49)45(24(9)48)3-6-15(30)19(34)22(37)20(35)16(6)31/h4H,2-3H2,1H3. The number of rotatable bonds is 6. The highest BCUT2D eigenvalue weighted by atomic mass is 19.4. The Balaban J connectivity index is 2.03. The first-order valence-corrected chi connectivity index (χ1v) is 12.4. The van der Waals surface area contributed by atoms with E-state index in [0.29, 0.717) is 0 Å². The van der Waals surface area contributed by atoms with Crippen molar-refractivity contribution in [2.45, 2.75) is 25.4 Å². The number of amides is 3. The molecule has 0 spiro atoms. The second-order valence-electron chi connectivity index (χ2n) is 9.86. The molecule has 0 radical (unpaired) electrons. The van der Waals surface area contributed by atoms with Crippen LogP contribution in [0, 0.1) is 58.2 Å². The molecule has 0 saturated carbocycles. The van der Waals surface area contributed by atoms with Gasteiger partial charge in [0.2, 0.25) is 11.6 Å². The van der Waals surface area contributed by atoms with Gasteiger partial charge in [-0.05, 0) is 0 Å². The average molecular weight is 728 g/mol. The molecule has 3 amide bonds. The third-order valence-corrected chi connectivity index (χ3v) is 7.02. The second-order valence-corrected chi connectivity index (χ2v) is 9.86. The predicted octanol–water partition coefficient (Wildman–Crippen LogP) is 7.00. The Morgan fingerprint density at radius 1 is 0.612 bits per heavy atom. The van der Waals surface area contributed by atoms with E-state index in [2.05, 4.69) is 0 Å². The number of carbonyl (C=O) groups excluding carboxylic acids is 4. The number of hydrogen-bond acceptors (Lipinski definition) is 4. The highest BCUT2D eigenvalue weighted by molar-refractivity contribution is 6.25. The number of fused-ring (bicyclic) bond motifs is 1. The van der Waals surface area contributed by atoms with E-state index >= 15 is 0 Å². The molecule has 22 heteroatoms. The zero-order valence-electron chi connectivity index (χ0n) is 23.1. The number of alkyl halides is 6. The number of nitrogens with zero attached hydrogens (tertiary/aromatic N) is 2. The van der Waals surface area contributed by atoms with Gasteiger partial charge in [-0.1, -0.05) is 0 Å². The zero-order valence-corrected chi connectivity index (χ0v) is 23.1. The van der Waals surface area contributed by atoms with Crippen molar-refractivity contribution >= 4 is 24.0 Å². The maximum absolute atomic E-state index is 14.5. The lowest BCUT2D eigenvalue weighted by Crippen LogP contribution is -2.33. The van der Waals surface area contributed by atoms with Crippen LogP contribution in [-0.2, 0) is 25.4 Å². The van der Waals surface area contributed by atoms with Crippen LogP contribution in [0.25, 0.3) is 0 Å². The van der Waals surface area contributed by atoms with Gasteiger partial charge in [-0.3, -0.25) is 24.1 Å². The summed E-state index contributed by atoms with van der Waals surface area (Å²) in [6.45, 7) is -4.09. The monoisotopic (exact) mass is 728 g/mol. The summed E-state index contributed by atoms with van der Waals surface area (Å²) in [5.74, 6) is -34.6. The molecule has 262 valence electrons. The molecule has 0 atom stereocenters. The maximum Gasteiger partial charge on any atom is 0.418 e. The zero-order chi connectivity index (χ0) is 37.4. The number of hydrogen-bond donors (Lipinski definition) is 0. The van der Waals surface area contributed by atoms with Crippen LogP contribution in [0.5, 0.6) is 0 Å². The lowest BCUT2D eigenvalue weighted by atomic mass is 9.86. The molecule has 49 heavy (non-hydrogen) atoms. The quantitative estimate of drug-likeness (QED) is 0.0902. The average Bonchev–Trinajstić information content (AvgIpc) is 3.26. The van der Waals surface area contributed by atoms with Gasteiger partial charge in [-0.25, -0.2) is 43.9 Å². The van der Waals surface area contributed by atoms with Crippen molar-refractivity contribution in [1.29, 1.82) is 0 Å². The number of imide groups is 1. The normalized spacial score (nSPS) is 13.4. The van der Waals surface area contributed by atoms with Gasteiger partial charge >= 0.3 is 12.4 Å². The fourth-order valence-corrected chi connectivity index (χ4v) is 4.86. The first kappa shape index (κ1) is 36.7. The summed E-state index contributed by atoms with van der Waals surface area (Å²) in [7, 11) is 0.248. The Hall–Kier alpha value is -5.18. The van der Waals surface area contributed by atoms with Gasteiger partial charge in [-0.2, -0.15) is 26.3 Å². The molecule has 1 aliphatic heterocycles. The number of carbonyl (C=O) groups is 4. The molecule has 1 heterocycles. The molecule has 0 bridgehead atoms. The van der Waals surface area contributed by atoms with Crippen molar-refractivity contribution in [3.8, 4) is 0 Å². The van der Waals surface area contributed by atoms with Crippen molar-refractivity contribution in [2.24, 2.45) is 0 Å². The smallest absolute Gasteiger partial charge is 0.337 e. The summed E-state index contributed by atoms with van der Waals surface area (Å²) in [4.78, 5) is 50.2. The Labute approximate surface area is 259 Å². The molecular formula is C27H8F16N2O4. The molecule has 0 saturated heterocycles. The van der Waals surface area contributed by atoms with Gasteiger partial charge in [0.05, 0.1) is 40.9 Å². The van der Waals surface area contributed by atoms with Crippen LogP contribution < -0.4 is 0 Å².